The monoisotopic (exact) mass is 852 g/mol. The lowest BCUT2D eigenvalue weighted by Crippen LogP contribution is -2.44. The molecule has 1 aliphatic carbocycles. The lowest BCUT2D eigenvalue weighted by Gasteiger charge is -2.27. The number of amides is 2. The number of hydrogen-bond donors (Lipinski definition) is 5. The van der Waals surface area contributed by atoms with E-state index in [4.69, 9.17) is 14.5 Å². The number of piperidine rings is 1. The fraction of sp³-hybridized carbons (Fsp3) is 0.553. The van der Waals surface area contributed by atoms with E-state index in [0.29, 0.717) is 50.4 Å². The van der Waals surface area contributed by atoms with Gasteiger partial charge < -0.3 is 35.1 Å². The molecule has 5 aromatic rings. The third-order valence-corrected chi connectivity index (χ3v) is 12.2. The number of unbranched alkanes of at least 4 members (excludes halogenated alkanes) is 1. The van der Waals surface area contributed by atoms with E-state index in [9.17, 15) is 19.5 Å². The van der Waals surface area contributed by atoms with Crippen molar-refractivity contribution in [1.29, 1.82) is 0 Å². The summed E-state index contributed by atoms with van der Waals surface area (Å²) >= 11 is 0. The second kappa shape index (κ2) is 22.4. The molecule has 15 heteroatoms. The Kier molecular flexibility index (Phi) is 16.3. The Labute approximate surface area is 364 Å². The average Bonchev–Trinajstić information content (AvgIpc) is 3.77. The van der Waals surface area contributed by atoms with Gasteiger partial charge in [0.2, 0.25) is 17.8 Å². The number of imide groups is 1. The van der Waals surface area contributed by atoms with Gasteiger partial charge in [-0.1, -0.05) is 43.7 Å². The van der Waals surface area contributed by atoms with Crippen LogP contribution < -0.4 is 27.0 Å². The Balaban J connectivity index is 0.732. The number of rotatable bonds is 24. The average molecular weight is 852 g/mol. The largest absolute Gasteiger partial charge is 0.393 e. The highest BCUT2D eigenvalue weighted by Crippen LogP contribution is 2.37. The van der Waals surface area contributed by atoms with Gasteiger partial charge in [-0.3, -0.25) is 24.0 Å². The zero-order valence-electron chi connectivity index (χ0n) is 36.5. The van der Waals surface area contributed by atoms with Crippen molar-refractivity contribution in [1.82, 2.24) is 39.6 Å². The molecule has 7 rings (SSSR count). The highest BCUT2D eigenvalue weighted by molar-refractivity contribution is 6.00. The van der Waals surface area contributed by atoms with Crippen LogP contribution in [0.15, 0.2) is 59.7 Å². The number of anilines is 1. The van der Waals surface area contributed by atoms with E-state index in [2.05, 4.69) is 68.2 Å². The first-order chi connectivity index (χ1) is 30.3. The van der Waals surface area contributed by atoms with Crippen LogP contribution in [0.5, 0.6) is 0 Å². The highest BCUT2D eigenvalue weighted by atomic mass is 16.5. The van der Waals surface area contributed by atoms with Crippen molar-refractivity contribution in [3.05, 3.63) is 76.5 Å². The third-order valence-electron chi connectivity index (χ3n) is 12.2. The second-order valence-corrected chi connectivity index (χ2v) is 16.8. The van der Waals surface area contributed by atoms with Crippen molar-refractivity contribution in [2.75, 3.05) is 57.9 Å². The van der Waals surface area contributed by atoms with Crippen molar-refractivity contribution >= 4 is 39.8 Å². The normalized spacial score (nSPS) is 18.2. The minimum Gasteiger partial charge on any atom is -0.393 e. The van der Waals surface area contributed by atoms with Crippen LogP contribution in [0.25, 0.3) is 33.2 Å². The molecule has 62 heavy (non-hydrogen) atoms. The van der Waals surface area contributed by atoms with Crippen molar-refractivity contribution in [3.8, 4) is 11.1 Å². The van der Waals surface area contributed by atoms with Crippen LogP contribution in [0.3, 0.4) is 0 Å². The summed E-state index contributed by atoms with van der Waals surface area (Å²) in [7, 11) is 1.71. The van der Waals surface area contributed by atoms with E-state index >= 15 is 0 Å². The Bertz CT molecular complexity index is 2290. The number of carbonyl (C=O) groups excluding carboxylic acids is 2. The van der Waals surface area contributed by atoms with Crippen LogP contribution in [0, 0.1) is 0 Å². The first-order valence-corrected chi connectivity index (χ1v) is 22.8. The highest BCUT2D eigenvalue weighted by Gasteiger charge is 2.31. The second-order valence-electron chi connectivity index (χ2n) is 16.8. The molecule has 0 bridgehead atoms. The summed E-state index contributed by atoms with van der Waals surface area (Å²) in [6.07, 6.45) is 13.8. The molecule has 2 aliphatic rings. The van der Waals surface area contributed by atoms with Crippen LogP contribution in [0.4, 0.5) is 5.95 Å². The van der Waals surface area contributed by atoms with Crippen molar-refractivity contribution in [3.63, 3.8) is 0 Å². The summed E-state index contributed by atoms with van der Waals surface area (Å²) in [5.41, 5.74) is 6.82. The fourth-order valence-corrected chi connectivity index (χ4v) is 8.61. The molecular weight excluding hydrogens is 787 g/mol. The molecule has 5 N–H and O–H groups in total. The number of aliphatic hydroxyl groups is 1. The number of fused-ring (bicyclic) bond motifs is 2. The summed E-state index contributed by atoms with van der Waals surface area (Å²) in [5.74, 6) is -0.0493. The summed E-state index contributed by atoms with van der Waals surface area (Å²) in [6.45, 7) is 9.20. The van der Waals surface area contributed by atoms with Crippen molar-refractivity contribution in [2.45, 2.75) is 109 Å². The van der Waals surface area contributed by atoms with Crippen LogP contribution in [0.2, 0.25) is 0 Å². The first-order valence-electron chi connectivity index (χ1n) is 22.8. The maximum absolute atomic E-state index is 13.0. The minimum atomic E-state index is -0.679. The van der Waals surface area contributed by atoms with Gasteiger partial charge in [0.25, 0.3) is 0 Å². The molecule has 1 aliphatic heterocycles. The number of imidazole rings is 1. The zero-order valence-corrected chi connectivity index (χ0v) is 36.5. The topological polar surface area (TPSA) is 179 Å². The lowest BCUT2D eigenvalue weighted by atomic mass is 9.93. The van der Waals surface area contributed by atoms with Gasteiger partial charge in [0.05, 0.1) is 17.1 Å². The standard InChI is InChI=1S/C47H65N9O6/c1-3-4-22-50-46-51-31-38-39(32-55(44(38)53-46)36-14-16-37(57)17-15-36)35-12-9-34(10-13-35)30-49-24-23-48-21-6-26-62-28-7-27-61-25-5-8-33-11-18-40-42(29-33)54(2)47(60)56(40)41-19-20-43(58)52-45(41)59/h9-13,18,29,31-32,36-37,41,48-49,57H,3-8,14-17,19-28,30H2,1-2H3,(H,50,51,53)(H,52,58,59)/t36?,37?,41-/m0/s1. The summed E-state index contributed by atoms with van der Waals surface area (Å²) in [6, 6.07) is 14.3. The molecule has 2 amide bonds. The van der Waals surface area contributed by atoms with Crippen molar-refractivity contribution in [2.24, 2.45) is 7.05 Å². The SMILES string of the molecule is CCCCNc1ncc2c(-c3ccc(CNCCNCCCOCCCOCCCc4ccc5c(c4)n(C)c(=O)n5[C@H]4CCC(=O)NC4=O)cc3)cn(C3CCC(O)CC3)c2n1. The van der Waals surface area contributed by atoms with Gasteiger partial charge in [-0.2, -0.15) is 4.98 Å². The molecule has 3 aromatic heterocycles. The first kappa shape index (κ1) is 45.1. The number of hydrogen-bond acceptors (Lipinski definition) is 11. The van der Waals surface area contributed by atoms with E-state index in [-0.39, 0.29) is 24.1 Å². The predicted octanol–water partition coefficient (Wildman–Crippen LogP) is 5.54. The predicted molar refractivity (Wildman–Crippen MR) is 242 cm³/mol. The molecule has 0 spiro atoms. The molecule has 334 valence electrons. The quantitative estimate of drug-likeness (QED) is 0.0389. The van der Waals surface area contributed by atoms with Gasteiger partial charge in [-0.25, -0.2) is 9.78 Å². The van der Waals surface area contributed by atoms with Crippen LogP contribution >= 0.6 is 0 Å². The lowest BCUT2D eigenvalue weighted by molar-refractivity contribution is -0.135. The molecular formula is C47H65N9O6. The number of carbonyl (C=O) groups is 2. The minimum absolute atomic E-state index is 0.201. The molecule has 15 nitrogen and oxygen atoms in total. The number of nitrogens with one attached hydrogen (secondary N) is 4. The van der Waals surface area contributed by atoms with Gasteiger partial charge in [-0.05, 0) is 99.6 Å². The fourth-order valence-electron chi connectivity index (χ4n) is 8.61. The molecule has 2 aromatic carbocycles. The van der Waals surface area contributed by atoms with Crippen LogP contribution in [-0.4, -0.2) is 99.3 Å². The Morgan fingerprint density at radius 1 is 0.823 bits per heavy atom. The summed E-state index contributed by atoms with van der Waals surface area (Å²) in [5, 5.41) is 24.0. The Morgan fingerprint density at radius 2 is 1.56 bits per heavy atom. The molecule has 1 atom stereocenters. The van der Waals surface area contributed by atoms with Gasteiger partial charge >= 0.3 is 5.69 Å². The van der Waals surface area contributed by atoms with E-state index in [1.165, 1.54) is 10.1 Å². The van der Waals surface area contributed by atoms with E-state index < -0.39 is 11.9 Å². The molecule has 0 unspecified atom stereocenters. The molecule has 1 saturated carbocycles. The molecule has 2 fully saturated rings. The maximum atomic E-state index is 13.0. The summed E-state index contributed by atoms with van der Waals surface area (Å²) < 4.78 is 17.1. The number of aliphatic hydroxyl groups excluding tert-OH is 1. The van der Waals surface area contributed by atoms with E-state index in [1.807, 2.05) is 24.4 Å². The summed E-state index contributed by atoms with van der Waals surface area (Å²) in [4.78, 5) is 46.7. The molecule has 4 heterocycles. The molecule has 1 saturated heterocycles. The number of aromatic nitrogens is 5. The van der Waals surface area contributed by atoms with Gasteiger partial charge in [0.1, 0.15) is 11.7 Å². The van der Waals surface area contributed by atoms with Crippen LogP contribution in [0.1, 0.15) is 101 Å². The number of benzene rings is 2. The van der Waals surface area contributed by atoms with Gasteiger partial charge in [0.15, 0.2) is 0 Å². The number of aryl methyl sites for hydroxylation is 2. The number of nitrogens with zero attached hydrogens (tertiary/aromatic N) is 5. The van der Waals surface area contributed by atoms with Gasteiger partial charge in [-0.15, -0.1) is 0 Å². The Hall–Kier alpha value is -4.93. The van der Waals surface area contributed by atoms with E-state index in [0.717, 1.165) is 130 Å². The Morgan fingerprint density at radius 3 is 2.34 bits per heavy atom. The van der Waals surface area contributed by atoms with Crippen molar-refractivity contribution < 1.29 is 24.2 Å². The number of ether oxygens (including phenoxy) is 2. The van der Waals surface area contributed by atoms with E-state index in [1.54, 1.807) is 11.6 Å². The van der Waals surface area contributed by atoms with Crippen LogP contribution in [-0.2, 0) is 39.1 Å². The van der Waals surface area contributed by atoms with Gasteiger partial charge in [0, 0.05) is 95.5 Å². The maximum Gasteiger partial charge on any atom is 0.329 e. The smallest absolute Gasteiger partial charge is 0.329 e. The zero-order chi connectivity index (χ0) is 43.3. The molecule has 0 radical (unpaired) electrons. The third kappa shape index (κ3) is 11.5.